The van der Waals surface area contributed by atoms with Crippen LogP contribution in [0.25, 0.3) is 0 Å². The summed E-state index contributed by atoms with van der Waals surface area (Å²) in [6.45, 7) is 1.99. The number of thiazole rings is 1. The highest BCUT2D eigenvalue weighted by Gasteiger charge is 2.15. The van der Waals surface area contributed by atoms with E-state index in [9.17, 15) is 8.42 Å². The molecule has 0 saturated heterocycles. The summed E-state index contributed by atoms with van der Waals surface area (Å²) >= 11 is 1.40. The molecule has 2 aromatic heterocycles. The van der Waals surface area contributed by atoms with Gasteiger partial charge in [0.2, 0.25) is 16.0 Å². The molecular formula is C9H11N5O2S2. The van der Waals surface area contributed by atoms with Crippen molar-refractivity contribution in [3.05, 3.63) is 28.5 Å². The molecule has 0 aliphatic carbocycles. The van der Waals surface area contributed by atoms with Crippen molar-refractivity contribution in [3.8, 4) is 0 Å². The van der Waals surface area contributed by atoms with Gasteiger partial charge >= 0.3 is 0 Å². The van der Waals surface area contributed by atoms with Gasteiger partial charge in [0.1, 0.15) is 9.90 Å². The smallest absolute Gasteiger partial charge is 0.244 e. The van der Waals surface area contributed by atoms with Gasteiger partial charge in [-0.2, -0.15) is 0 Å². The van der Waals surface area contributed by atoms with Gasteiger partial charge in [-0.3, -0.25) is 0 Å². The Morgan fingerprint density at radius 3 is 2.61 bits per heavy atom. The van der Waals surface area contributed by atoms with E-state index in [1.165, 1.54) is 11.3 Å². The van der Waals surface area contributed by atoms with Gasteiger partial charge in [-0.1, -0.05) is 0 Å². The second-order valence-corrected chi connectivity index (χ2v) is 6.19. The summed E-state index contributed by atoms with van der Waals surface area (Å²) in [5, 5.41) is 2.56. The van der Waals surface area contributed by atoms with Crippen LogP contribution in [0.2, 0.25) is 0 Å². The van der Waals surface area contributed by atoms with Crippen molar-refractivity contribution in [1.29, 1.82) is 0 Å². The molecule has 0 radical (unpaired) electrons. The Kier molecular flexibility index (Phi) is 3.55. The fourth-order valence-corrected chi connectivity index (χ4v) is 2.87. The molecule has 0 aliphatic heterocycles. The van der Waals surface area contributed by atoms with Crippen LogP contribution in [-0.4, -0.2) is 23.4 Å². The van der Waals surface area contributed by atoms with Gasteiger partial charge in [0, 0.05) is 11.1 Å². The maximum absolute atomic E-state index is 11.9. The van der Waals surface area contributed by atoms with Crippen LogP contribution in [0.3, 0.4) is 0 Å². The van der Waals surface area contributed by atoms with E-state index >= 15 is 0 Å². The number of nitrogens with two attached hydrogens (primary N) is 1. The average molecular weight is 285 g/mol. The SMILES string of the molecule is Cc1csc(CNS(=O)(=O)c2cnc(N)nc2)n1. The van der Waals surface area contributed by atoms with Crippen molar-refractivity contribution >= 4 is 27.3 Å². The molecule has 0 amide bonds. The van der Waals surface area contributed by atoms with Gasteiger partial charge in [-0.05, 0) is 6.92 Å². The number of hydrogen-bond acceptors (Lipinski definition) is 7. The Morgan fingerprint density at radius 2 is 2.06 bits per heavy atom. The Hall–Kier alpha value is -1.58. The topological polar surface area (TPSA) is 111 Å². The molecule has 0 saturated carbocycles. The molecule has 3 N–H and O–H groups in total. The highest BCUT2D eigenvalue weighted by Crippen LogP contribution is 2.11. The van der Waals surface area contributed by atoms with E-state index in [1.54, 1.807) is 0 Å². The standard InChI is InChI=1S/C9H11N5O2S2/c1-6-5-17-8(14-6)4-13-18(15,16)7-2-11-9(10)12-3-7/h2-3,5,13H,4H2,1H3,(H2,10,11,12). The lowest BCUT2D eigenvalue weighted by Crippen LogP contribution is -2.23. The first-order chi connectivity index (χ1) is 8.47. The molecule has 0 aliphatic rings. The molecular weight excluding hydrogens is 274 g/mol. The van der Waals surface area contributed by atoms with Crippen LogP contribution in [0, 0.1) is 6.92 Å². The zero-order valence-electron chi connectivity index (χ0n) is 9.49. The number of rotatable bonds is 4. The third-order valence-corrected chi connectivity index (χ3v) is 4.36. The highest BCUT2D eigenvalue weighted by atomic mass is 32.2. The third kappa shape index (κ3) is 3.00. The number of nitrogens with zero attached hydrogens (tertiary/aromatic N) is 3. The molecule has 0 aromatic carbocycles. The van der Waals surface area contributed by atoms with E-state index in [-0.39, 0.29) is 17.4 Å². The lowest BCUT2D eigenvalue weighted by molar-refractivity contribution is 0.580. The minimum atomic E-state index is -3.63. The number of anilines is 1. The first-order valence-electron chi connectivity index (χ1n) is 4.95. The van der Waals surface area contributed by atoms with Crippen LogP contribution in [-0.2, 0) is 16.6 Å². The summed E-state index contributed by atoms with van der Waals surface area (Å²) in [6, 6.07) is 0. The largest absolute Gasteiger partial charge is 0.368 e. The lowest BCUT2D eigenvalue weighted by atomic mass is 10.6. The van der Waals surface area contributed by atoms with Crippen molar-refractivity contribution in [1.82, 2.24) is 19.7 Å². The van der Waals surface area contributed by atoms with Crippen molar-refractivity contribution in [2.24, 2.45) is 0 Å². The zero-order chi connectivity index (χ0) is 13.2. The third-order valence-electron chi connectivity index (χ3n) is 2.04. The predicted octanol–water partition coefficient (Wildman–Crippen LogP) is 0.302. The van der Waals surface area contributed by atoms with Gasteiger partial charge in [0.15, 0.2) is 0 Å². The van der Waals surface area contributed by atoms with E-state index < -0.39 is 10.0 Å². The lowest BCUT2D eigenvalue weighted by Gasteiger charge is -2.04. The second-order valence-electron chi connectivity index (χ2n) is 3.48. The molecule has 0 unspecified atom stereocenters. The van der Waals surface area contributed by atoms with Crippen LogP contribution >= 0.6 is 11.3 Å². The molecule has 7 nitrogen and oxygen atoms in total. The van der Waals surface area contributed by atoms with Crippen LogP contribution < -0.4 is 10.5 Å². The number of aromatic nitrogens is 3. The number of nitrogen functional groups attached to an aromatic ring is 1. The highest BCUT2D eigenvalue weighted by molar-refractivity contribution is 7.89. The van der Waals surface area contributed by atoms with E-state index in [1.807, 2.05) is 12.3 Å². The molecule has 96 valence electrons. The first-order valence-corrected chi connectivity index (χ1v) is 7.32. The van der Waals surface area contributed by atoms with Gasteiger partial charge in [-0.25, -0.2) is 28.1 Å². The van der Waals surface area contributed by atoms with Gasteiger partial charge in [-0.15, -0.1) is 11.3 Å². The summed E-state index contributed by atoms with van der Waals surface area (Å²) in [7, 11) is -3.63. The summed E-state index contributed by atoms with van der Waals surface area (Å²) in [6.07, 6.45) is 2.33. The van der Waals surface area contributed by atoms with E-state index in [4.69, 9.17) is 5.73 Å². The first kappa shape index (κ1) is 12.9. The fourth-order valence-electron chi connectivity index (χ4n) is 1.19. The Labute approximate surface area is 108 Å². The minimum Gasteiger partial charge on any atom is -0.368 e. The minimum absolute atomic E-state index is 0.0232. The number of hydrogen-bond donors (Lipinski definition) is 2. The van der Waals surface area contributed by atoms with Gasteiger partial charge in [0.05, 0.1) is 18.9 Å². The normalized spacial score (nSPS) is 11.6. The summed E-state index contributed by atoms with van der Waals surface area (Å²) in [4.78, 5) is 11.4. The van der Waals surface area contributed by atoms with Crippen LogP contribution in [0.4, 0.5) is 5.95 Å². The quantitative estimate of drug-likeness (QED) is 0.836. The van der Waals surface area contributed by atoms with Crippen LogP contribution in [0.1, 0.15) is 10.7 Å². The summed E-state index contributed by atoms with van der Waals surface area (Å²) in [5.41, 5.74) is 6.16. The summed E-state index contributed by atoms with van der Waals surface area (Å²) < 4.78 is 26.2. The van der Waals surface area contributed by atoms with E-state index in [2.05, 4.69) is 19.7 Å². The Morgan fingerprint density at radius 1 is 1.39 bits per heavy atom. The molecule has 2 heterocycles. The maximum Gasteiger partial charge on any atom is 0.244 e. The van der Waals surface area contributed by atoms with Crippen molar-refractivity contribution < 1.29 is 8.42 Å². The van der Waals surface area contributed by atoms with Crippen LogP contribution in [0.5, 0.6) is 0 Å². The van der Waals surface area contributed by atoms with Crippen molar-refractivity contribution in [3.63, 3.8) is 0 Å². The Balaban J connectivity index is 2.10. The van der Waals surface area contributed by atoms with E-state index in [0.29, 0.717) is 5.01 Å². The maximum atomic E-state index is 11.9. The molecule has 0 fully saturated rings. The number of aryl methyl sites for hydroxylation is 1. The number of sulfonamides is 1. The predicted molar refractivity (Wildman–Crippen MR) is 67.3 cm³/mol. The van der Waals surface area contributed by atoms with Crippen molar-refractivity contribution in [2.45, 2.75) is 18.4 Å². The molecule has 9 heteroatoms. The van der Waals surface area contributed by atoms with Gasteiger partial charge in [0.25, 0.3) is 0 Å². The molecule has 2 aromatic rings. The van der Waals surface area contributed by atoms with E-state index in [0.717, 1.165) is 18.1 Å². The molecule has 2 rings (SSSR count). The fraction of sp³-hybridized carbons (Fsp3) is 0.222. The molecule has 18 heavy (non-hydrogen) atoms. The average Bonchev–Trinajstić information content (AvgIpc) is 2.73. The second kappa shape index (κ2) is 4.96. The monoisotopic (exact) mass is 285 g/mol. The van der Waals surface area contributed by atoms with Gasteiger partial charge < -0.3 is 5.73 Å². The number of nitrogens with one attached hydrogen (secondary N) is 1. The summed E-state index contributed by atoms with van der Waals surface area (Å²) in [5.74, 6) is 0.0319. The van der Waals surface area contributed by atoms with Crippen molar-refractivity contribution in [2.75, 3.05) is 5.73 Å². The Bertz CT molecular complexity index is 635. The molecule has 0 spiro atoms. The van der Waals surface area contributed by atoms with Crippen LogP contribution in [0.15, 0.2) is 22.7 Å². The molecule has 0 atom stereocenters. The zero-order valence-corrected chi connectivity index (χ0v) is 11.1. The molecule has 0 bridgehead atoms.